The van der Waals surface area contributed by atoms with Crippen LogP contribution in [-0.2, 0) is 6.54 Å². The second-order valence-electron chi connectivity index (χ2n) is 2.02. The van der Waals surface area contributed by atoms with Gasteiger partial charge in [0.05, 0.1) is 0 Å². The summed E-state index contributed by atoms with van der Waals surface area (Å²) in [5.74, 6) is 0. The van der Waals surface area contributed by atoms with Crippen LogP contribution in [0.15, 0.2) is 30.3 Å². The molecule has 0 aromatic heterocycles. The minimum Gasteiger partial charge on any atom is -0.316 e. The number of nitrogens with one attached hydrogen (secondary N) is 1. The summed E-state index contributed by atoms with van der Waals surface area (Å²) in [5.41, 5.74) is 1.33. The van der Waals surface area contributed by atoms with Crippen LogP contribution in [0.4, 0.5) is 0 Å². The smallest absolute Gasteiger partial charge is 0.0202 e. The Bertz CT molecular complexity index is 163. The van der Waals surface area contributed by atoms with Crippen molar-refractivity contribution in [3.8, 4) is 0 Å². The van der Waals surface area contributed by atoms with Gasteiger partial charge in [-0.3, -0.25) is 0 Å². The number of alkyl halides is 1. The molecule has 0 spiro atoms. The number of rotatable bonds is 2. The van der Waals surface area contributed by atoms with Crippen molar-refractivity contribution < 1.29 is 0 Å². The molecule has 1 aromatic carbocycles. The van der Waals surface area contributed by atoms with E-state index in [1.54, 1.807) is 0 Å². The molecule has 0 aliphatic rings. The number of halogens is 1. The molecule has 0 unspecified atom stereocenters. The summed E-state index contributed by atoms with van der Waals surface area (Å²) in [6.45, 7) is 8.96. The fourth-order valence-electron chi connectivity index (χ4n) is 0.800. The van der Waals surface area contributed by atoms with Gasteiger partial charge in [-0.1, -0.05) is 80.6 Å². The van der Waals surface area contributed by atoms with E-state index < -0.39 is 0 Å². The highest BCUT2D eigenvalue weighted by molar-refractivity contribution is 14.1. The van der Waals surface area contributed by atoms with E-state index in [-0.39, 0.29) is 0 Å². The van der Waals surface area contributed by atoms with Crippen LogP contribution in [-0.4, -0.2) is 12.0 Å². The second kappa shape index (κ2) is 23.6. The van der Waals surface area contributed by atoms with Crippen LogP contribution in [0.5, 0.6) is 0 Å². The minimum atomic E-state index is 0.959. The van der Waals surface area contributed by atoms with Crippen LogP contribution in [0.1, 0.15) is 33.3 Å². The first-order valence-corrected chi connectivity index (χ1v) is 7.65. The number of hydrogen-bond acceptors (Lipinski definition) is 1. The molecule has 15 heavy (non-hydrogen) atoms. The zero-order valence-electron chi connectivity index (χ0n) is 11.0. The summed E-state index contributed by atoms with van der Waals surface area (Å²) < 4.78 is 0. The van der Waals surface area contributed by atoms with Gasteiger partial charge in [-0.15, -0.1) is 0 Å². The molecule has 90 valence electrons. The molecule has 0 radical (unpaired) electrons. The second-order valence-corrected chi connectivity index (χ2v) is 2.02. The number of hydrogen-bond donors (Lipinski definition) is 1. The Hall–Kier alpha value is -0.0900. The third kappa shape index (κ3) is 16.6. The SMILES string of the molecule is CC.CC.CI.CNCc1ccccc1. The average molecular weight is 323 g/mol. The highest BCUT2D eigenvalue weighted by Gasteiger charge is 1.83. The summed E-state index contributed by atoms with van der Waals surface area (Å²) in [5, 5.41) is 3.08. The molecule has 1 nitrogen and oxygen atoms in total. The Morgan fingerprint density at radius 3 is 1.67 bits per heavy atom. The lowest BCUT2D eigenvalue weighted by molar-refractivity contribution is 0.818. The van der Waals surface area contributed by atoms with Crippen molar-refractivity contribution in [1.29, 1.82) is 0 Å². The topological polar surface area (TPSA) is 12.0 Å². The predicted octanol–water partition coefficient (Wildman–Crippen LogP) is 4.51. The summed E-state index contributed by atoms with van der Waals surface area (Å²) in [6, 6.07) is 10.3. The van der Waals surface area contributed by atoms with E-state index in [0.717, 1.165) is 6.54 Å². The fourth-order valence-corrected chi connectivity index (χ4v) is 0.800. The van der Waals surface area contributed by atoms with Gasteiger partial charge < -0.3 is 5.32 Å². The third-order valence-corrected chi connectivity index (χ3v) is 1.22. The molecule has 0 aliphatic heterocycles. The fraction of sp³-hybridized carbons (Fsp3) is 0.538. The lowest BCUT2D eigenvalue weighted by atomic mass is 10.2. The van der Waals surface area contributed by atoms with Crippen LogP contribution >= 0.6 is 22.6 Å². The molecule has 0 aliphatic carbocycles. The van der Waals surface area contributed by atoms with Crippen molar-refractivity contribution >= 4 is 22.6 Å². The first-order chi connectivity index (χ1) is 7.43. The Kier molecular flexibility index (Phi) is 32.0. The van der Waals surface area contributed by atoms with Crippen molar-refractivity contribution in [3.05, 3.63) is 35.9 Å². The van der Waals surface area contributed by atoms with Crippen LogP contribution in [0.3, 0.4) is 0 Å². The zero-order valence-corrected chi connectivity index (χ0v) is 13.1. The molecular weight excluding hydrogens is 297 g/mol. The first kappa shape index (κ1) is 20.3. The monoisotopic (exact) mass is 323 g/mol. The molecular formula is C13H26IN. The van der Waals surface area contributed by atoms with E-state index in [9.17, 15) is 0 Å². The van der Waals surface area contributed by atoms with Gasteiger partial charge >= 0.3 is 0 Å². The maximum atomic E-state index is 3.08. The number of benzene rings is 1. The molecule has 0 amide bonds. The third-order valence-electron chi connectivity index (χ3n) is 1.22. The maximum absolute atomic E-state index is 3.08. The molecule has 1 N–H and O–H groups in total. The Labute approximate surface area is 110 Å². The molecule has 0 heterocycles. The summed E-state index contributed by atoms with van der Waals surface area (Å²) in [4.78, 5) is 1.97. The van der Waals surface area contributed by atoms with Gasteiger partial charge in [0, 0.05) is 6.54 Å². The maximum Gasteiger partial charge on any atom is 0.0202 e. The molecule has 2 heteroatoms. The van der Waals surface area contributed by atoms with Gasteiger partial charge in [-0.05, 0) is 17.5 Å². The van der Waals surface area contributed by atoms with Crippen molar-refractivity contribution in [2.45, 2.75) is 34.2 Å². The molecule has 0 saturated heterocycles. The van der Waals surface area contributed by atoms with Crippen LogP contribution < -0.4 is 5.32 Å². The predicted molar refractivity (Wildman–Crippen MR) is 81.8 cm³/mol. The Morgan fingerprint density at radius 2 is 1.33 bits per heavy atom. The highest BCUT2D eigenvalue weighted by atomic mass is 127. The molecule has 0 fully saturated rings. The summed E-state index contributed by atoms with van der Waals surface area (Å²) >= 11 is 2.15. The zero-order chi connectivity index (χ0) is 12.5. The lowest BCUT2D eigenvalue weighted by Gasteiger charge is -1.95. The average Bonchev–Trinajstić information content (AvgIpc) is 2.38. The van der Waals surface area contributed by atoms with Gasteiger partial charge in [0.15, 0.2) is 0 Å². The van der Waals surface area contributed by atoms with E-state index in [1.807, 2.05) is 57.9 Å². The van der Waals surface area contributed by atoms with E-state index >= 15 is 0 Å². The Morgan fingerprint density at radius 1 is 0.933 bits per heavy atom. The van der Waals surface area contributed by atoms with Gasteiger partial charge in [0.25, 0.3) is 0 Å². The molecule has 0 atom stereocenters. The lowest BCUT2D eigenvalue weighted by Crippen LogP contribution is -2.04. The van der Waals surface area contributed by atoms with Gasteiger partial charge in [0.2, 0.25) is 0 Å². The van der Waals surface area contributed by atoms with E-state index in [0.29, 0.717) is 0 Å². The van der Waals surface area contributed by atoms with E-state index in [4.69, 9.17) is 0 Å². The normalized spacial score (nSPS) is 6.87. The van der Waals surface area contributed by atoms with Gasteiger partial charge in [0.1, 0.15) is 0 Å². The van der Waals surface area contributed by atoms with Crippen molar-refractivity contribution in [2.24, 2.45) is 0 Å². The highest BCUT2D eigenvalue weighted by Crippen LogP contribution is 1.95. The molecule has 0 saturated carbocycles. The molecule has 1 aromatic rings. The van der Waals surface area contributed by atoms with E-state index in [1.165, 1.54) is 5.56 Å². The van der Waals surface area contributed by atoms with E-state index in [2.05, 4.69) is 40.0 Å². The van der Waals surface area contributed by atoms with Crippen molar-refractivity contribution in [1.82, 2.24) is 5.32 Å². The van der Waals surface area contributed by atoms with Crippen molar-refractivity contribution in [3.63, 3.8) is 0 Å². The summed E-state index contributed by atoms with van der Waals surface area (Å²) in [6.07, 6.45) is 0. The quantitative estimate of drug-likeness (QED) is 0.624. The van der Waals surface area contributed by atoms with Crippen molar-refractivity contribution in [2.75, 3.05) is 12.0 Å². The Balaban J connectivity index is -0.000000208. The summed E-state index contributed by atoms with van der Waals surface area (Å²) in [7, 11) is 1.95. The van der Waals surface area contributed by atoms with Gasteiger partial charge in [-0.2, -0.15) is 0 Å². The van der Waals surface area contributed by atoms with Crippen LogP contribution in [0, 0.1) is 0 Å². The van der Waals surface area contributed by atoms with Crippen LogP contribution in [0.25, 0.3) is 0 Å². The first-order valence-electron chi connectivity index (χ1n) is 5.50. The van der Waals surface area contributed by atoms with Crippen LogP contribution in [0.2, 0.25) is 0 Å². The minimum absolute atomic E-state index is 0.959. The standard InChI is InChI=1S/C8H11N.2C2H6.CH3I/c1-9-7-8-5-3-2-4-6-8;3*1-2/h2-6,9H,7H2,1H3;2*1-2H3;1H3. The molecule has 1 rings (SSSR count). The molecule has 0 bridgehead atoms. The van der Waals surface area contributed by atoms with Gasteiger partial charge in [-0.25, -0.2) is 0 Å². The largest absolute Gasteiger partial charge is 0.316 e.